The molecule has 1 nitrogen and oxygen atoms in total. The highest BCUT2D eigenvalue weighted by Gasteiger charge is 2.12. The van der Waals surface area contributed by atoms with Crippen molar-refractivity contribution in [2.45, 2.75) is 59.8 Å². The van der Waals surface area contributed by atoms with Gasteiger partial charge in [-0.1, -0.05) is 69.2 Å². The summed E-state index contributed by atoms with van der Waals surface area (Å²) in [5, 5.41) is 0. The fourth-order valence-corrected chi connectivity index (χ4v) is 3.52. The smallest absolute Gasteiger partial charge is 0.0447 e. The summed E-state index contributed by atoms with van der Waals surface area (Å²) in [6.07, 6.45) is 10.1. The molecule has 0 aliphatic rings. The van der Waals surface area contributed by atoms with E-state index in [-0.39, 0.29) is 0 Å². The Labute approximate surface area is 159 Å². The van der Waals surface area contributed by atoms with E-state index in [2.05, 4.69) is 76.7 Å². The predicted molar refractivity (Wildman–Crippen MR) is 115 cm³/mol. The van der Waals surface area contributed by atoms with Crippen LogP contribution in [0.1, 0.15) is 68.8 Å². The highest BCUT2D eigenvalue weighted by Crippen LogP contribution is 2.25. The summed E-state index contributed by atoms with van der Waals surface area (Å²) in [5.41, 5.74) is 7.47. The lowest BCUT2D eigenvalue weighted by molar-refractivity contribution is 0.496. The maximum atomic E-state index is 4.72. The summed E-state index contributed by atoms with van der Waals surface area (Å²) in [7, 11) is 0. The zero-order valence-corrected chi connectivity index (χ0v) is 16.9. The molecule has 0 radical (unpaired) electrons. The second-order valence-electron chi connectivity index (χ2n) is 7.33. The minimum atomic E-state index is 0.631. The molecule has 0 aliphatic carbocycles. The van der Waals surface area contributed by atoms with E-state index in [1.165, 1.54) is 53.5 Å². The van der Waals surface area contributed by atoms with E-state index in [1.807, 2.05) is 6.20 Å². The van der Waals surface area contributed by atoms with Gasteiger partial charge in [-0.15, -0.1) is 0 Å². The normalized spacial score (nSPS) is 11.8. The van der Waals surface area contributed by atoms with Crippen LogP contribution >= 0.6 is 0 Å². The molecule has 0 atom stereocenters. The van der Waals surface area contributed by atoms with Crippen LogP contribution in [-0.2, 0) is 6.42 Å². The van der Waals surface area contributed by atoms with E-state index >= 15 is 0 Å². The fourth-order valence-electron chi connectivity index (χ4n) is 3.52. The van der Waals surface area contributed by atoms with Crippen molar-refractivity contribution in [2.75, 3.05) is 0 Å². The molecule has 0 spiro atoms. The summed E-state index contributed by atoms with van der Waals surface area (Å²) in [5.74, 6) is 0.631. The number of allylic oxidation sites excluding steroid dienone is 2. The summed E-state index contributed by atoms with van der Waals surface area (Å²) in [6.45, 7) is 13.2. The van der Waals surface area contributed by atoms with Crippen LogP contribution in [-0.4, -0.2) is 4.98 Å². The standard InChI is InChI=1S/C25H33N/c1-6-11-22(12-7-2)20(4)16-25-17-21(5)24(18-26-25)15-19(3)23-13-9-8-10-14-23/h8-10,13-15,17-18,22H,4,6-7,11-12,16H2,1-3,5H3/b19-15+. The molecule has 0 unspecified atom stereocenters. The maximum Gasteiger partial charge on any atom is 0.0447 e. The van der Waals surface area contributed by atoms with Gasteiger partial charge in [0, 0.05) is 18.3 Å². The molecule has 0 saturated carbocycles. The molecule has 1 aromatic carbocycles. The van der Waals surface area contributed by atoms with Crippen LogP contribution in [0.2, 0.25) is 0 Å². The molecule has 2 rings (SSSR count). The average molecular weight is 348 g/mol. The Morgan fingerprint density at radius 2 is 1.77 bits per heavy atom. The van der Waals surface area contributed by atoms with Gasteiger partial charge < -0.3 is 0 Å². The van der Waals surface area contributed by atoms with Gasteiger partial charge in [0.2, 0.25) is 0 Å². The second-order valence-corrected chi connectivity index (χ2v) is 7.33. The van der Waals surface area contributed by atoms with Crippen LogP contribution < -0.4 is 0 Å². The van der Waals surface area contributed by atoms with E-state index in [1.54, 1.807) is 0 Å². The Bertz CT molecular complexity index is 734. The van der Waals surface area contributed by atoms with Crippen LogP contribution in [0.15, 0.2) is 54.7 Å². The number of hydrogen-bond donors (Lipinski definition) is 0. The highest BCUT2D eigenvalue weighted by atomic mass is 14.7. The van der Waals surface area contributed by atoms with Crippen molar-refractivity contribution in [1.82, 2.24) is 4.98 Å². The van der Waals surface area contributed by atoms with Gasteiger partial charge in [0.1, 0.15) is 0 Å². The van der Waals surface area contributed by atoms with E-state index in [9.17, 15) is 0 Å². The number of nitrogens with zero attached hydrogens (tertiary/aromatic N) is 1. The van der Waals surface area contributed by atoms with Crippen molar-refractivity contribution in [3.05, 3.63) is 77.1 Å². The minimum absolute atomic E-state index is 0.631. The lowest BCUT2D eigenvalue weighted by Crippen LogP contribution is -2.07. The van der Waals surface area contributed by atoms with Gasteiger partial charge in [-0.05, 0) is 67.0 Å². The topological polar surface area (TPSA) is 12.9 Å². The van der Waals surface area contributed by atoms with Gasteiger partial charge >= 0.3 is 0 Å². The maximum absolute atomic E-state index is 4.72. The highest BCUT2D eigenvalue weighted by molar-refractivity contribution is 5.80. The molecule has 1 heteroatoms. The van der Waals surface area contributed by atoms with Crippen molar-refractivity contribution in [2.24, 2.45) is 5.92 Å². The van der Waals surface area contributed by atoms with Crippen LogP contribution in [0.4, 0.5) is 0 Å². The van der Waals surface area contributed by atoms with Crippen molar-refractivity contribution < 1.29 is 0 Å². The lowest BCUT2D eigenvalue weighted by Gasteiger charge is -2.18. The molecule has 0 amide bonds. The largest absolute Gasteiger partial charge is 0.260 e. The lowest BCUT2D eigenvalue weighted by atomic mass is 9.88. The van der Waals surface area contributed by atoms with E-state index < -0.39 is 0 Å². The zero-order chi connectivity index (χ0) is 18.9. The van der Waals surface area contributed by atoms with Crippen LogP contribution in [0.5, 0.6) is 0 Å². The first-order chi connectivity index (χ1) is 12.5. The summed E-state index contributed by atoms with van der Waals surface area (Å²) >= 11 is 0. The van der Waals surface area contributed by atoms with Crippen molar-refractivity contribution >= 4 is 11.6 Å². The molecule has 2 aromatic rings. The molecule has 0 aliphatic heterocycles. The Morgan fingerprint density at radius 3 is 2.35 bits per heavy atom. The van der Waals surface area contributed by atoms with Gasteiger partial charge in [-0.3, -0.25) is 4.98 Å². The first kappa shape index (κ1) is 20.2. The fraction of sp³-hybridized carbons (Fsp3) is 0.400. The first-order valence-electron chi connectivity index (χ1n) is 9.92. The van der Waals surface area contributed by atoms with E-state index in [4.69, 9.17) is 4.98 Å². The summed E-state index contributed by atoms with van der Waals surface area (Å²) < 4.78 is 0. The monoisotopic (exact) mass is 347 g/mol. The number of pyridine rings is 1. The van der Waals surface area contributed by atoms with Crippen molar-refractivity contribution in [3.63, 3.8) is 0 Å². The average Bonchev–Trinajstić information content (AvgIpc) is 2.64. The molecule has 0 N–H and O–H groups in total. The minimum Gasteiger partial charge on any atom is -0.260 e. The number of benzene rings is 1. The summed E-state index contributed by atoms with van der Waals surface area (Å²) in [4.78, 5) is 4.72. The molecule has 0 fully saturated rings. The predicted octanol–water partition coefficient (Wildman–Crippen LogP) is 7.27. The molecular weight excluding hydrogens is 314 g/mol. The second kappa shape index (κ2) is 10.1. The first-order valence-corrected chi connectivity index (χ1v) is 9.92. The summed E-state index contributed by atoms with van der Waals surface area (Å²) in [6, 6.07) is 12.7. The third kappa shape index (κ3) is 5.69. The van der Waals surface area contributed by atoms with Crippen molar-refractivity contribution in [1.29, 1.82) is 0 Å². The quantitative estimate of drug-likeness (QED) is 0.435. The van der Waals surface area contributed by atoms with Crippen LogP contribution in [0.3, 0.4) is 0 Å². The third-order valence-corrected chi connectivity index (χ3v) is 5.07. The van der Waals surface area contributed by atoms with Crippen LogP contribution in [0, 0.1) is 12.8 Å². The third-order valence-electron chi connectivity index (χ3n) is 5.07. The van der Waals surface area contributed by atoms with E-state index in [0.29, 0.717) is 5.92 Å². The zero-order valence-electron chi connectivity index (χ0n) is 16.9. The molecule has 1 aromatic heterocycles. The molecular formula is C25H33N. The Morgan fingerprint density at radius 1 is 1.12 bits per heavy atom. The Kier molecular flexibility index (Phi) is 7.84. The van der Waals surface area contributed by atoms with Gasteiger partial charge in [-0.25, -0.2) is 0 Å². The molecule has 0 bridgehead atoms. The molecule has 1 heterocycles. The number of aryl methyl sites for hydroxylation is 1. The molecule has 0 saturated heterocycles. The SMILES string of the molecule is C=C(Cc1cc(C)c(/C=C(\C)c2ccccc2)cn1)C(CCC)CCC. The Balaban J connectivity index is 2.13. The van der Waals surface area contributed by atoms with Crippen molar-refractivity contribution in [3.8, 4) is 0 Å². The van der Waals surface area contributed by atoms with Gasteiger partial charge in [0.25, 0.3) is 0 Å². The van der Waals surface area contributed by atoms with Crippen LogP contribution in [0.25, 0.3) is 11.6 Å². The molecule has 138 valence electrons. The van der Waals surface area contributed by atoms with Gasteiger partial charge in [-0.2, -0.15) is 0 Å². The number of aromatic nitrogens is 1. The Hall–Kier alpha value is -2.15. The van der Waals surface area contributed by atoms with E-state index in [0.717, 1.165) is 12.1 Å². The van der Waals surface area contributed by atoms with Gasteiger partial charge in [0.05, 0.1) is 0 Å². The molecule has 26 heavy (non-hydrogen) atoms. The number of rotatable bonds is 9. The van der Waals surface area contributed by atoms with Gasteiger partial charge in [0.15, 0.2) is 0 Å². The number of hydrogen-bond acceptors (Lipinski definition) is 1.